The molecular formula is C32H40ClN5O5. The minimum atomic E-state index is -1.43. The van der Waals surface area contributed by atoms with Crippen molar-refractivity contribution >= 4 is 46.3 Å². The van der Waals surface area contributed by atoms with Crippen molar-refractivity contribution in [1.29, 1.82) is 0 Å². The molecule has 0 unspecified atom stereocenters. The molecule has 43 heavy (non-hydrogen) atoms. The number of ether oxygens (including phenoxy) is 1. The fourth-order valence-corrected chi connectivity index (χ4v) is 5.70. The highest BCUT2D eigenvalue weighted by molar-refractivity contribution is 6.31. The maximum Gasteiger partial charge on any atom is 0.408 e. The van der Waals surface area contributed by atoms with Gasteiger partial charge in [0.25, 0.3) is 0 Å². The summed E-state index contributed by atoms with van der Waals surface area (Å²) >= 11 is 6.31. The van der Waals surface area contributed by atoms with E-state index in [1.165, 1.54) is 0 Å². The van der Waals surface area contributed by atoms with E-state index in [9.17, 15) is 19.2 Å². The van der Waals surface area contributed by atoms with E-state index < -0.39 is 41.4 Å². The standard InChI is InChI=1S/C32H40ClN5O5/c1-5-19(4)27(37-31(42)43-17-20-9-7-6-8-10-20)29(40)38-32(30(41)36-26(18(2)3)28(34)39)14-13-25-23(16-32)22-15-21(33)11-12-24(22)35-25/h6-12,15,18-19,26-27,35H,5,13-14,16-17H2,1-4H3,(H2,34,39)(H,36,41)(H,37,42)(H,38,40)/t19-,26-,27-,32+/m0/s1. The minimum absolute atomic E-state index is 0.0451. The maximum absolute atomic E-state index is 14.1. The Morgan fingerprint density at radius 3 is 2.42 bits per heavy atom. The fourth-order valence-electron chi connectivity index (χ4n) is 5.53. The Morgan fingerprint density at radius 2 is 1.77 bits per heavy atom. The average Bonchev–Trinajstić information content (AvgIpc) is 3.33. The third-order valence-corrected chi connectivity index (χ3v) is 8.51. The van der Waals surface area contributed by atoms with Crippen LogP contribution in [0.3, 0.4) is 0 Å². The molecular weight excluding hydrogens is 570 g/mol. The number of halogens is 1. The lowest BCUT2D eigenvalue weighted by Crippen LogP contribution is -2.67. The first-order valence-electron chi connectivity index (χ1n) is 14.6. The summed E-state index contributed by atoms with van der Waals surface area (Å²) in [5.41, 5.74) is 7.68. The smallest absolute Gasteiger partial charge is 0.408 e. The van der Waals surface area contributed by atoms with Crippen LogP contribution >= 0.6 is 11.6 Å². The summed E-state index contributed by atoms with van der Waals surface area (Å²) in [6.45, 7) is 7.37. The van der Waals surface area contributed by atoms with Gasteiger partial charge in [0, 0.05) is 28.0 Å². The van der Waals surface area contributed by atoms with Gasteiger partial charge in [-0.25, -0.2) is 4.79 Å². The number of aryl methyl sites for hydroxylation is 1. The molecule has 4 atom stereocenters. The summed E-state index contributed by atoms with van der Waals surface area (Å²) in [5, 5.41) is 9.90. The Bertz CT molecular complexity index is 1490. The predicted molar refractivity (Wildman–Crippen MR) is 165 cm³/mol. The Morgan fingerprint density at radius 1 is 1.05 bits per heavy atom. The van der Waals surface area contributed by atoms with Gasteiger partial charge in [-0.3, -0.25) is 14.4 Å². The van der Waals surface area contributed by atoms with Crippen LogP contribution in [0.2, 0.25) is 5.02 Å². The molecule has 1 heterocycles. The molecule has 3 aromatic rings. The molecule has 2 aromatic carbocycles. The monoisotopic (exact) mass is 609 g/mol. The number of fused-ring (bicyclic) bond motifs is 3. The Hall–Kier alpha value is -4.05. The number of nitrogens with one attached hydrogen (secondary N) is 4. The van der Waals surface area contributed by atoms with Crippen molar-refractivity contribution in [3.63, 3.8) is 0 Å². The molecule has 230 valence electrons. The Balaban J connectivity index is 1.63. The van der Waals surface area contributed by atoms with Crippen LogP contribution in [-0.2, 0) is 38.6 Å². The lowest BCUT2D eigenvalue weighted by Gasteiger charge is -2.39. The summed E-state index contributed by atoms with van der Waals surface area (Å²) in [7, 11) is 0. The number of H-pyrrole nitrogens is 1. The Labute approximate surface area is 256 Å². The van der Waals surface area contributed by atoms with Gasteiger partial charge < -0.3 is 31.4 Å². The molecule has 6 N–H and O–H groups in total. The van der Waals surface area contributed by atoms with Gasteiger partial charge in [0.2, 0.25) is 17.7 Å². The van der Waals surface area contributed by atoms with Crippen LogP contribution in [-0.4, -0.2) is 46.4 Å². The lowest BCUT2D eigenvalue weighted by atomic mass is 9.78. The van der Waals surface area contributed by atoms with Crippen molar-refractivity contribution in [2.45, 2.75) is 77.6 Å². The number of primary amides is 1. The summed E-state index contributed by atoms with van der Waals surface area (Å²) in [5.74, 6) is -2.25. The number of alkyl carbamates (subject to hydrolysis) is 1. The predicted octanol–water partition coefficient (Wildman–Crippen LogP) is 4.13. The molecule has 11 heteroatoms. The Kier molecular flexibility index (Phi) is 10.0. The van der Waals surface area contributed by atoms with Crippen molar-refractivity contribution in [3.05, 3.63) is 70.4 Å². The molecule has 0 saturated heterocycles. The number of aromatic amines is 1. The molecule has 0 saturated carbocycles. The van der Waals surface area contributed by atoms with E-state index in [-0.39, 0.29) is 31.3 Å². The van der Waals surface area contributed by atoms with Gasteiger partial charge in [-0.1, -0.05) is 76.0 Å². The zero-order chi connectivity index (χ0) is 31.3. The number of aromatic nitrogens is 1. The van der Waals surface area contributed by atoms with Crippen LogP contribution in [0.5, 0.6) is 0 Å². The van der Waals surface area contributed by atoms with E-state index in [0.717, 1.165) is 27.7 Å². The van der Waals surface area contributed by atoms with Crippen molar-refractivity contribution in [2.24, 2.45) is 17.6 Å². The molecule has 4 amide bonds. The van der Waals surface area contributed by atoms with Crippen LogP contribution in [0.25, 0.3) is 10.9 Å². The first-order valence-corrected chi connectivity index (χ1v) is 15.0. The van der Waals surface area contributed by atoms with E-state index >= 15 is 0 Å². The average molecular weight is 610 g/mol. The number of rotatable bonds is 11. The fraction of sp³-hybridized carbons (Fsp3) is 0.438. The highest BCUT2D eigenvalue weighted by atomic mass is 35.5. The number of carbonyl (C=O) groups excluding carboxylic acids is 4. The molecule has 0 bridgehead atoms. The van der Waals surface area contributed by atoms with Crippen LogP contribution in [0, 0.1) is 11.8 Å². The van der Waals surface area contributed by atoms with E-state index in [2.05, 4.69) is 20.9 Å². The summed E-state index contributed by atoms with van der Waals surface area (Å²) in [6, 6.07) is 12.8. The number of benzene rings is 2. The zero-order valence-electron chi connectivity index (χ0n) is 25.0. The number of amides is 4. The lowest BCUT2D eigenvalue weighted by molar-refractivity contribution is -0.137. The van der Waals surface area contributed by atoms with Gasteiger partial charge in [-0.15, -0.1) is 0 Å². The van der Waals surface area contributed by atoms with E-state index in [1.807, 2.05) is 56.3 Å². The van der Waals surface area contributed by atoms with Gasteiger partial charge in [-0.2, -0.15) is 0 Å². The molecule has 10 nitrogen and oxygen atoms in total. The first-order chi connectivity index (χ1) is 20.4. The van der Waals surface area contributed by atoms with E-state index in [4.69, 9.17) is 22.1 Å². The summed E-state index contributed by atoms with van der Waals surface area (Å²) < 4.78 is 5.39. The number of carbonyl (C=O) groups is 4. The van der Waals surface area contributed by atoms with Gasteiger partial charge in [0.1, 0.15) is 24.2 Å². The van der Waals surface area contributed by atoms with E-state index in [0.29, 0.717) is 17.9 Å². The highest BCUT2D eigenvalue weighted by Gasteiger charge is 2.46. The third kappa shape index (κ3) is 7.30. The quantitative estimate of drug-likeness (QED) is 0.221. The van der Waals surface area contributed by atoms with Crippen molar-refractivity contribution in [1.82, 2.24) is 20.9 Å². The van der Waals surface area contributed by atoms with Crippen LogP contribution in [0.4, 0.5) is 4.79 Å². The molecule has 1 aliphatic carbocycles. The maximum atomic E-state index is 14.1. The summed E-state index contributed by atoms with van der Waals surface area (Å²) in [4.78, 5) is 56.5. The van der Waals surface area contributed by atoms with Crippen molar-refractivity contribution < 1.29 is 23.9 Å². The largest absolute Gasteiger partial charge is 0.445 e. The molecule has 1 aliphatic rings. The topological polar surface area (TPSA) is 155 Å². The molecule has 0 radical (unpaired) electrons. The third-order valence-electron chi connectivity index (χ3n) is 8.28. The SMILES string of the molecule is CC[C@H](C)[C@H](NC(=O)OCc1ccccc1)C(=O)N[C@]1(C(=O)N[C@H](C(N)=O)C(C)C)CCc2[nH]c3ccc(Cl)cc3c2C1. The van der Waals surface area contributed by atoms with Gasteiger partial charge >= 0.3 is 6.09 Å². The number of hydrogen-bond acceptors (Lipinski definition) is 5. The molecule has 0 fully saturated rings. The van der Waals surface area contributed by atoms with Gasteiger partial charge in [0.05, 0.1) is 0 Å². The normalized spacial score (nSPS) is 18.3. The second-order valence-electron chi connectivity index (χ2n) is 11.7. The second-order valence-corrected chi connectivity index (χ2v) is 12.1. The number of nitrogens with two attached hydrogens (primary N) is 1. The van der Waals surface area contributed by atoms with Gasteiger partial charge in [0.15, 0.2) is 0 Å². The van der Waals surface area contributed by atoms with E-state index in [1.54, 1.807) is 19.9 Å². The summed E-state index contributed by atoms with van der Waals surface area (Å²) in [6.07, 6.45) is 0.703. The second kappa shape index (κ2) is 13.5. The minimum Gasteiger partial charge on any atom is -0.445 e. The van der Waals surface area contributed by atoms with Crippen LogP contribution < -0.4 is 21.7 Å². The molecule has 0 spiro atoms. The van der Waals surface area contributed by atoms with Gasteiger partial charge in [-0.05, 0) is 54.0 Å². The zero-order valence-corrected chi connectivity index (χ0v) is 25.7. The van der Waals surface area contributed by atoms with Crippen molar-refractivity contribution in [2.75, 3.05) is 0 Å². The van der Waals surface area contributed by atoms with Crippen molar-refractivity contribution in [3.8, 4) is 0 Å². The molecule has 4 rings (SSSR count). The highest BCUT2D eigenvalue weighted by Crippen LogP contribution is 2.36. The number of hydrogen-bond donors (Lipinski definition) is 5. The van der Waals surface area contributed by atoms with Crippen LogP contribution in [0.15, 0.2) is 48.5 Å². The molecule has 0 aliphatic heterocycles. The van der Waals surface area contributed by atoms with Crippen LogP contribution in [0.1, 0.15) is 57.4 Å². The molecule has 1 aromatic heterocycles. The first kappa shape index (κ1) is 31.9.